The lowest BCUT2D eigenvalue weighted by molar-refractivity contribution is 0.0958. The summed E-state index contributed by atoms with van der Waals surface area (Å²) in [5.41, 5.74) is 1.53. The summed E-state index contributed by atoms with van der Waals surface area (Å²) in [6.07, 6.45) is 2.33. The van der Waals surface area contributed by atoms with Crippen LogP contribution in [0.2, 0.25) is 0 Å². The highest BCUT2D eigenvalue weighted by atomic mass is 16.1. The minimum Gasteiger partial charge on any atom is -0.354 e. The zero-order chi connectivity index (χ0) is 10.7. The summed E-state index contributed by atoms with van der Waals surface area (Å²) in [5.74, 6) is 0.325. The Morgan fingerprint density at radius 1 is 1.67 bits per heavy atom. The Kier molecular flexibility index (Phi) is 3.01. The van der Waals surface area contributed by atoms with Gasteiger partial charge < -0.3 is 10.6 Å². The number of aromatic nitrogens is 2. The Hall–Kier alpha value is -1.36. The van der Waals surface area contributed by atoms with E-state index in [2.05, 4.69) is 20.8 Å². The van der Waals surface area contributed by atoms with Crippen molar-refractivity contribution in [2.75, 3.05) is 20.1 Å². The van der Waals surface area contributed by atoms with Crippen molar-refractivity contribution in [3.05, 3.63) is 17.5 Å². The Balaban J connectivity index is 2.08. The average Bonchev–Trinajstić information content (AvgIpc) is 2.78. The van der Waals surface area contributed by atoms with E-state index in [1.54, 1.807) is 7.05 Å². The fourth-order valence-electron chi connectivity index (χ4n) is 1.91. The highest BCUT2D eigenvalue weighted by Gasteiger charge is 2.18. The van der Waals surface area contributed by atoms with Crippen LogP contribution >= 0.6 is 0 Å². The molecule has 1 atom stereocenters. The van der Waals surface area contributed by atoms with Gasteiger partial charge in [-0.1, -0.05) is 0 Å². The topological polar surface area (TPSA) is 69.8 Å². The molecule has 1 aromatic rings. The summed E-state index contributed by atoms with van der Waals surface area (Å²) in [6, 6.07) is 1.84. The molecule has 0 aliphatic carbocycles. The minimum atomic E-state index is -0.138. The molecule has 0 radical (unpaired) electrons. The lowest BCUT2D eigenvalue weighted by atomic mass is 9.96. The van der Waals surface area contributed by atoms with Crippen molar-refractivity contribution in [3.8, 4) is 0 Å². The number of carbonyl (C=O) groups excluding carboxylic acids is 1. The molecular formula is C10H16N4O. The minimum absolute atomic E-state index is 0.138. The van der Waals surface area contributed by atoms with Gasteiger partial charge in [0.2, 0.25) is 0 Å². The van der Waals surface area contributed by atoms with Crippen LogP contribution in [-0.2, 0) is 0 Å². The number of hydrogen-bond acceptors (Lipinski definition) is 3. The van der Waals surface area contributed by atoms with E-state index in [4.69, 9.17) is 0 Å². The molecule has 1 saturated heterocycles. The van der Waals surface area contributed by atoms with E-state index in [-0.39, 0.29) is 5.91 Å². The Bertz CT molecular complexity index is 341. The maximum absolute atomic E-state index is 11.3. The molecule has 5 heteroatoms. The number of rotatable bonds is 2. The van der Waals surface area contributed by atoms with Gasteiger partial charge in [0.15, 0.2) is 0 Å². The molecule has 0 saturated carbocycles. The molecule has 82 valence electrons. The number of H-pyrrole nitrogens is 1. The summed E-state index contributed by atoms with van der Waals surface area (Å²) in [4.78, 5) is 11.3. The molecule has 1 aliphatic heterocycles. The molecule has 15 heavy (non-hydrogen) atoms. The molecule has 0 bridgehead atoms. The quantitative estimate of drug-likeness (QED) is 0.652. The smallest absolute Gasteiger partial charge is 0.271 e. The van der Waals surface area contributed by atoms with Crippen molar-refractivity contribution < 1.29 is 4.79 Å². The van der Waals surface area contributed by atoms with E-state index in [1.807, 2.05) is 6.07 Å². The van der Waals surface area contributed by atoms with Crippen LogP contribution in [0.3, 0.4) is 0 Å². The number of nitrogens with zero attached hydrogens (tertiary/aromatic N) is 1. The second kappa shape index (κ2) is 4.44. The molecule has 0 spiro atoms. The van der Waals surface area contributed by atoms with Gasteiger partial charge in [0.05, 0.1) is 0 Å². The van der Waals surface area contributed by atoms with E-state index in [0.717, 1.165) is 25.2 Å². The third kappa shape index (κ3) is 2.18. The maximum atomic E-state index is 11.3. The van der Waals surface area contributed by atoms with Gasteiger partial charge in [-0.3, -0.25) is 9.89 Å². The van der Waals surface area contributed by atoms with Crippen molar-refractivity contribution >= 4 is 5.91 Å². The van der Waals surface area contributed by atoms with E-state index in [1.165, 1.54) is 6.42 Å². The fourth-order valence-corrected chi connectivity index (χ4v) is 1.91. The van der Waals surface area contributed by atoms with Crippen molar-refractivity contribution in [3.63, 3.8) is 0 Å². The number of piperidine rings is 1. The lowest BCUT2D eigenvalue weighted by Gasteiger charge is -2.21. The van der Waals surface area contributed by atoms with Crippen molar-refractivity contribution in [2.45, 2.75) is 18.8 Å². The van der Waals surface area contributed by atoms with Gasteiger partial charge in [-0.05, 0) is 25.5 Å². The number of hydrogen-bond donors (Lipinski definition) is 3. The highest BCUT2D eigenvalue weighted by molar-refractivity contribution is 5.92. The van der Waals surface area contributed by atoms with Crippen LogP contribution in [0, 0.1) is 0 Å². The van der Waals surface area contributed by atoms with E-state index in [9.17, 15) is 4.79 Å². The second-order valence-electron chi connectivity index (χ2n) is 3.83. The van der Waals surface area contributed by atoms with Crippen LogP contribution in [0.4, 0.5) is 0 Å². The first-order valence-electron chi connectivity index (χ1n) is 5.29. The molecule has 1 unspecified atom stereocenters. The third-order valence-corrected chi connectivity index (χ3v) is 2.79. The summed E-state index contributed by atoms with van der Waals surface area (Å²) in [6.45, 7) is 2.06. The summed E-state index contributed by atoms with van der Waals surface area (Å²) in [7, 11) is 1.61. The highest BCUT2D eigenvalue weighted by Crippen LogP contribution is 2.21. The standard InChI is InChI=1S/C10H16N4O/c1-11-10(15)9-5-8(13-14-9)7-3-2-4-12-6-7/h5,7,12H,2-4,6H2,1H3,(H,11,15)(H,13,14). The normalized spacial score (nSPS) is 21.3. The molecule has 2 rings (SSSR count). The van der Waals surface area contributed by atoms with Gasteiger partial charge in [-0.25, -0.2) is 0 Å². The Morgan fingerprint density at radius 2 is 2.53 bits per heavy atom. The van der Waals surface area contributed by atoms with Crippen LogP contribution in [0.5, 0.6) is 0 Å². The number of carbonyl (C=O) groups is 1. The Morgan fingerprint density at radius 3 is 3.20 bits per heavy atom. The molecule has 5 nitrogen and oxygen atoms in total. The van der Waals surface area contributed by atoms with Crippen molar-refractivity contribution in [1.82, 2.24) is 20.8 Å². The largest absolute Gasteiger partial charge is 0.354 e. The van der Waals surface area contributed by atoms with Crippen LogP contribution in [-0.4, -0.2) is 36.2 Å². The number of nitrogens with one attached hydrogen (secondary N) is 3. The van der Waals surface area contributed by atoms with Gasteiger partial charge in [-0.2, -0.15) is 5.10 Å². The van der Waals surface area contributed by atoms with E-state index in [0.29, 0.717) is 11.6 Å². The summed E-state index contributed by atoms with van der Waals surface area (Å²) in [5, 5.41) is 12.8. The number of aromatic amines is 1. The molecule has 0 aromatic carbocycles. The molecular weight excluding hydrogens is 192 g/mol. The molecule has 2 heterocycles. The molecule has 1 aromatic heterocycles. The average molecular weight is 208 g/mol. The van der Waals surface area contributed by atoms with Crippen LogP contribution in [0.25, 0.3) is 0 Å². The van der Waals surface area contributed by atoms with Crippen molar-refractivity contribution in [2.24, 2.45) is 0 Å². The first kappa shape index (κ1) is 10.2. The monoisotopic (exact) mass is 208 g/mol. The van der Waals surface area contributed by atoms with Crippen LogP contribution < -0.4 is 10.6 Å². The van der Waals surface area contributed by atoms with E-state index >= 15 is 0 Å². The van der Waals surface area contributed by atoms with Gasteiger partial charge in [-0.15, -0.1) is 0 Å². The Labute approximate surface area is 88.6 Å². The van der Waals surface area contributed by atoms with Gasteiger partial charge in [0.1, 0.15) is 5.69 Å². The predicted molar refractivity (Wildman–Crippen MR) is 56.8 cm³/mol. The van der Waals surface area contributed by atoms with Crippen LogP contribution in [0.15, 0.2) is 6.07 Å². The summed E-state index contributed by atoms with van der Waals surface area (Å²) < 4.78 is 0. The van der Waals surface area contributed by atoms with Gasteiger partial charge >= 0.3 is 0 Å². The molecule has 1 fully saturated rings. The van der Waals surface area contributed by atoms with Gasteiger partial charge in [0.25, 0.3) is 5.91 Å². The molecule has 1 aliphatic rings. The fraction of sp³-hybridized carbons (Fsp3) is 0.600. The predicted octanol–water partition coefficient (Wildman–Crippen LogP) is 0.236. The number of amides is 1. The maximum Gasteiger partial charge on any atom is 0.271 e. The van der Waals surface area contributed by atoms with Gasteiger partial charge in [0, 0.05) is 25.2 Å². The first-order valence-corrected chi connectivity index (χ1v) is 5.29. The van der Waals surface area contributed by atoms with Crippen LogP contribution in [0.1, 0.15) is 34.9 Å². The zero-order valence-corrected chi connectivity index (χ0v) is 8.84. The summed E-state index contributed by atoms with van der Waals surface area (Å²) >= 11 is 0. The van der Waals surface area contributed by atoms with E-state index < -0.39 is 0 Å². The second-order valence-corrected chi connectivity index (χ2v) is 3.83. The lowest BCUT2D eigenvalue weighted by Crippen LogP contribution is -2.28. The first-order chi connectivity index (χ1) is 7.31. The molecule has 3 N–H and O–H groups in total. The van der Waals surface area contributed by atoms with Crippen molar-refractivity contribution in [1.29, 1.82) is 0 Å². The SMILES string of the molecule is CNC(=O)c1cc(C2CCCNC2)[nH]n1. The zero-order valence-electron chi connectivity index (χ0n) is 8.84. The third-order valence-electron chi connectivity index (χ3n) is 2.79. The molecule has 1 amide bonds.